The van der Waals surface area contributed by atoms with E-state index in [2.05, 4.69) is 25.9 Å². The van der Waals surface area contributed by atoms with Gasteiger partial charge in [0.15, 0.2) is 11.4 Å². The van der Waals surface area contributed by atoms with Gasteiger partial charge in [-0.2, -0.15) is 0 Å². The lowest BCUT2D eigenvalue weighted by Gasteiger charge is -2.04. The first-order valence-corrected chi connectivity index (χ1v) is 5.88. The number of aromatic carboxylic acids is 2. The van der Waals surface area contributed by atoms with Gasteiger partial charge in [0.2, 0.25) is 0 Å². The molecule has 1 aromatic carbocycles. The smallest absolute Gasteiger partial charge is 0.357 e. The van der Waals surface area contributed by atoms with E-state index in [4.69, 9.17) is 10.2 Å². The average molecular weight is 323 g/mol. The maximum Gasteiger partial charge on any atom is 0.357 e. The Bertz CT molecular complexity index is 673. The fraction of sp³-hybridized carbons (Fsp3) is 0. The molecule has 2 rings (SSSR count). The predicted octanol–water partition coefficient (Wildman–Crippen LogP) is 2.30. The Morgan fingerprint density at radius 3 is 2.37 bits per heavy atom. The van der Waals surface area contributed by atoms with Gasteiger partial charge in [0, 0.05) is 10.0 Å². The molecule has 1 heterocycles. The Balaban J connectivity index is 2.58. The Morgan fingerprint density at radius 1 is 1.11 bits per heavy atom. The molecule has 7 heteroatoms. The topological polar surface area (TPSA) is 100 Å². The van der Waals surface area contributed by atoms with Crippen LogP contribution in [0.4, 0.5) is 0 Å². The fourth-order valence-corrected chi connectivity index (χ4v) is 1.88. The molecule has 2 N–H and O–H groups in total. The molecule has 0 aliphatic rings. The van der Waals surface area contributed by atoms with Crippen LogP contribution in [0.3, 0.4) is 0 Å². The van der Waals surface area contributed by atoms with Crippen LogP contribution in [0, 0.1) is 0 Å². The lowest BCUT2D eigenvalue weighted by molar-refractivity contribution is 0.0641. The Hall–Kier alpha value is -2.28. The van der Waals surface area contributed by atoms with Crippen molar-refractivity contribution < 1.29 is 19.8 Å². The summed E-state index contributed by atoms with van der Waals surface area (Å²) in [7, 11) is 0. The largest absolute Gasteiger partial charge is 0.476 e. The van der Waals surface area contributed by atoms with Crippen LogP contribution < -0.4 is 0 Å². The zero-order valence-electron chi connectivity index (χ0n) is 9.37. The maximum absolute atomic E-state index is 11.0. The molecule has 0 fully saturated rings. The zero-order chi connectivity index (χ0) is 14.0. The highest BCUT2D eigenvalue weighted by atomic mass is 79.9. The summed E-state index contributed by atoms with van der Waals surface area (Å²) in [5, 5.41) is 17.8. The van der Waals surface area contributed by atoms with Crippen LogP contribution in [0.1, 0.15) is 21.0 Å². The second kappa shape index (κ2) is 5.15. The number of hydrogen-bond donors (Lipinski definition) is 2. The van der Waals surface area contributed by atoms with Crippen LogP contribution in [0.15, 0.2) is 34.9 Å². The summed E-state index contributed by atoms with van der Waals surface area (Å²) in [6, 6.07) is 7.02. The molecule has 0 unspecified atom stereocenters. The Kier molecular flexibility index (Phi) is 3.57. The lowest BCUT2D eigenvalue weighted by Crippen LogP contribution is -2.13. The van der Waals surface area contributed by atoms with E-state index >= 15 is 0 Å². The summed E-state index contributed by atoms with van der Waals surface area (Å²) >= 11 is 3.29. The third-order valence-corrected chi connectivity index (χ3v) is 2.79. The average Bonchev–Trinajstić information content (AvgIpc) is 2.37. The normalized spacial score (nSPS) is 10.2. The second-order valence-electron chi connectivity index (χ2n) is 3.57. The van der Waals surface area contributed by atoms with Gasteiger partial charge >= 0.3 is 11.9 Å². The van der Waals surface area contributed by atoms with Crippen molar-refractivity contribution in [1.29, 1.82) is 0 Å². The second-order valence-corrected chi connectivity index (χ2v) is 4.49. The van der Waals surface area contributed by atoms with Crippen molar-refractivity contribution in [2.45, 2.75) is 0 Å². The first-order valence-electron chi connectivity index (χ1n) is 5.08. The molecule has 0 aliphatic carbocycles. The third kappa shape index (κ3) is 2.76. The maximum atomic E-state index is 11.0. The number of carbonyl (C=O) groups is 2. The molecule has 0 amide bonds. The molecule has 0 atom stereocenters. The molecule has 0 bridgehead atoms. The minimum absolute atomic E-state index is 0.295. The van der Waals surface area contributed by atoms with E-state index in [1.165, 1.54) is 6.20 Å². The number of halogens is 1. The summed E-state index contributed by atoms with van der Waals surface area (Å²) in [6.07, 6.45) is 1.23. The number of hydrogen-bond acceptors (Lipinski definition) is 4. The number of carboxylic acids is 2. The summed E-state index contributed by atoms with van der Waals surface area (Å²) in [4.78, 5) is 29.3. The standard InChI is InChI=1S/C12H7BrN2O4/c13-7-3-1-2-6(4-7)8-5-14-9(11(16)17)10(15-8)12(18)19/h1-5H,(H,16,17)(H,18,19). The van der Waals surface area contributed by atoms with Gasteiger partial charge in [-0.05, 0) is 12.1 Å². The highest BCUT2D eigenvalue weighted by molar-refractivity contribution is 9.10. The zero-order valence-corrected chi connectivity index (χ0v) is 11.0. The third-order valence-electron chi connectivity index (χ3n) is 2.30. The van der Waals surface area contributed by atoms with Crippen LogP contribution in [0.5, 0.6) is 0 Å². The highest BCUT2D eigenvalue weighted by Crippen LogP contribution is 2.21. The molecule has 1 aromatic heterocycles. The number of benzene rings is 1. The number of rotatable bonds is 3. The van der Waals surface area contributed by atoms with E-state index in [-0.39, 0.29) is 0 Å². The van der Waals surface area contributed by atoms with Gasteiger partial charge < -0.3 is 10.2 Å². The molecular weight excluding hydrogens is 316 g/mol. The fourth-order valence-electron chi connectivity index (χ4n) is 1.48. The van der Waals surface area contributed by atoms with Crippen molar-refractivity contribution in [2.75, 3.05) is 0 Å². The van der Waals surface area contributed by atoms with E-state index < -0.39 is 23.3 Å². The van der Waals surface area contributed by atoms with Gasteiger partial charge in [-0.15, -0.1) is 0 Å². The van der Waals surface area contributed by atoms with E-state index in [9.17, 15) is 9.59 Å². The van der Waals surface area contributed by atoms with Crippen LogP contribution in [-0.2, 0) is 0 Å². The molecule has 0 saturated carbocycles. The molecule has 0 spiro atoms. The van der Waals surface area contributed by atoms with E-state index in [1.807, 2.05) is 0 Å². The van der Waals surface area contributed by atoms with Crippen LogP contribution in [0.2, 0.25) is 0 Å². The minimum atomic E-state index is -1.43. The quantitative estimate of drug-likeness (QED) is 0.899. The summed E-state index contributed by atoms with van der Waals surface area (Å²) in [5.41, 5.74) is -0.221. The van der Waals surface area contributed by atoms with Gasteiger partial charge in [-0.25, -0.2) is 19.6 Å². The van der Waals surface area contributed by atoms with E-state index in [1.54, 1.807) is 24.3 Å². The number of aromatic nitrogens is 2. The molecule has 0 aliphatic heterocycles. The predicted molar refractivity (Wildman–Crippen MR) is 69.1 cm³/mol. The van der Waals surface area contributed by atoms with Gasteiger partial charge in [0.1, 0.15) is 0 Å². The van der Waals surface area contributed by atoms with Gasteiger partial charge in [-0.1, -0.05) is 28.1 Å². The van der Waals surface area contributed by atoms with Crippen molar-refractivity contribution in [3.8, 4) is 11.3 Å². The van der Waals surface area contributed by atoms with Gasteiger partial charge in [0.25, 0.3) is 0 Å². The SMILES string of the molecule is O=C(O)c1ncc(-c2cccc(Br)c2)nc1C(=O)O. The lowest BCUT2D eigenvalue weighted by atomic mass is 10.1. The minimum Gasteiger partial charge on any atom is -0.476 e. The monoisotopic (exact) mass is 322 g/mol. The van der Waals surface area contributed by atoms with Crippen molar-refractivity contribution in [2.24, 2.45) is 0 Å². The van der Waals surface area contributed by atoms with E-state index in [0.717, 1.165) is 4.47 Å². The van der Waals surface area contributed by atoms with Crippen molar-refractivity contribution in [3.63, 3.8) is 0 Å². The van der Waals surface area contributed by atoms with Gasteiger partial charge in [0.05, 0.1) is 11.9 Å². The Morgan fingerprint density at radius 2 is 1.79 bits per heavy atom. The molecule has 2 aromatic rings. The molecule has 0 radical (unpaired) electrons. The molecule has 0 saturated heterocycles. The molecule has 6 nitrogen and oxygen atoms in total. The van der Waals surface area contributed by atoms with E-state index in [0.29, 0.717) is 11.3 Å². The number of carboxylic acid groups (broad SMARTS) is 2. The van der Waals surface area contributed by atoms with Crippen LogP contribution in [-0.4, -0.2) is 32.1 Å². The summed E-state index contributed by atoms with van der Waals surface area (Å²) < 4.78 is 0.797. The first kappa shape index (κ1) is 13.2. The summed E-state index contributed by atoms with van der Waals surface area (Å²) in [6.45, 7) is 0. The van der Waals surface area contributed by atoms with Crippen molar-refractivity contribution >= 4 is 27.9 Å². The molecule has 19 heavy (non-hydrogen) atoms. The number of nitrogens with zero attached hydrogens (tertiary/aromatic N) is 2. The first-order chi connectivity index (χ1) is 8.99. The molecular formula is C12H7BrN2O4. The Labute approximate surface area is 115 Å². The van der Waals surface area contributed by atoms with Crippen molar-refractivity contribution in [3.05, 3.63) is 46.3 Å². The highest BCUT2D eigenvalue weighted by Gasteiger charge is 2.20. The van der Waals surface area contributed by atoms with Gasteiger partial charge in [-0.3, -0.25) is 0 Å². The molecule has 96 valence electrons. The summed E-state index contributed by atoms with van der Waals surface area (Å²) in [5.74, 6) is -2.85. The van der Waals surface area contributed by atoms with Crippen molar-refractivity contribution in [1.82, 2.24) is 9.97 Å². The van der Waals surface area contributed by atoms with Crippen LogP contribution >= 0.6 is 15.9 Å². The van der Waals surface area contributed by atoms with Crippen LogP contribution in [0.25, 0.3) is 11.3 Å².